The summed E-state index contributed by atoms with van der Waals surface area (Å²) in [5.74, 6) is 3.75. The molecule has 0 fully saturated rings. The van der Waals surface area contributed by atoms with Crippen molar-refractivity contribution in [1.29, 1.82) is 0 Å². The lowest BCUT2D eigenvalue weighted by molar-refractivity contribution is -0.00992. The van der Waals surface area contributed by atoms with Gasteiger partial charge in [0, 0.05) is 6.42 Å². The Labute approximate surface area is 157 Å². The molecule has 1 heterocycles. The predicted molar refractivity (Wildman–Crippen MR) is 112 cm³/mol. The van der Waals surface area contributed by atoms with Crippen LogP contribution in [0.1, 0.15) is 48.0 Å². The summed E-state index contributed by atoms with van der Waals surface area (Å²) in [5.41, 5.74) is 0. The second-order valence-electron chi connectivity index (χ2n) is 8.60. The Bertz CT molecular complexity index is 488. The molecule has 0 saturated heterocycles. The molecule has 0 spiro atoms. The quantitative estimate of drug-likeness (QED) is 0.398. The molecule has 2 atom stereocenters. The summed E-state index contributed by atoms with van der Waals surface area (Å²) in [5, 5.41) is 0.192. The van der Waals surface area contributed by atoms with E-state index in [4.69, 9.17) is 20.0 Å². The monoisotopic (exact) mass is 382 g/mol. The first-order chi connectivity index (χ1) is 11.5. The van der Waals surface area contributed by atoms with Crippen LogP contribution in [0, 0.1) is 12.3 Å². The summed E-state index contributed by atoms with van der Waals surface area (Å²) in [6, 6.07) is 3.39. The lowest BCUT2D eigenvalue weighted by Gasteiger charge is -2.39. The molecule has 1 aliphatic heterocycles. The molecule has 144 valence electrons. The van der Waals surface area contributed by atoms with Crippen molar-refractivity contribution in [3.63, 3.8) is 0 Å². The Morgan fingerprint density at radius 2 is 1.76 bits per heavy atom. The van der Waals surface area contributed by atoms with Gasteiger partial charge >= 0.3 is 0 Å². The van der Waals surface area contributed by atoms with Crippen molar-refractivity contribution >= 4 is 16.6 Å². The first kappa shape index (κ1) is 22.5. The molecule has 0 bridgehead atoms. The lowest BCUT2D eigenvalue weighted by atomic mass is 10.1. The van der Waals surface area contributed by atoms with E-state index in [9.17, 15) is 0 Å². The molecule has 0 radical (unpaired) electrons. The van der Waals surface area contributed by atoms with E-state index in [1.54, 1.807) is 0 Å². The fourth-order valence-electron chi connectivity index (χ4n) is 2.78. The van der Waals surface area contributed by atoms with Crippen molar-refractivity contribution in [1.82, 2.24) is 0 Å². The highest BCUT2D eigenvalue weighted by atomic mass is 28.4. The molecule has 25 heavy (non-hydrogen) atoms. The number of rotatable bonds is 8. The van der Waals surface area contributed by atoms with Crippen LogP contribution in [0.3, 0.4) is 0 Å². The van der Waals surface area contributed by atoms with Crippen molar-refractivity contribution in [3.05, 3.63) is 11.8 Å². The van der Waals surface area contributed by atoms with Gasteiger partial charge in [-0.25, -0.2) is 0 Å². The third kappa shape index (κ3) is 5.99. The van der Waals surface area contributed by atoms with Gasteiger partial charge in [0.05, 0.1) is 18.5 Å². The van der Waals surface area contributed by atoms with Crippen LogP contribution in [0.15, 0.2) is 11.8 Å². The van der Waals surface area contributed by atoms with E-state index < -0.39 is 16.6 Å². The van der Waals surface area contributed by atoms with Crippen LogP contribution in [0.4, 0.5) is 0 Å². The fraction of sp³-hybridized carbons (Fsp3) is 0.800. The highest BCUT2D eigenvalue weighted by molar-refractivity contribution is 6.74. The first-order valence-corrected chi connectivity index (χ1v) is 15.1. The van der Waals surface area contributed by atoms with Gasteiger partial charge in [-0.2, -0.15) is 0 Å². The molecule has 0 amide bonds. The van der Waals surface area contributed by atoms with Crippen LogP contribution in [-0.4, -0.2) is 35.4 Å². The molecule has 0 aromatic heterocycles. The average molecular weight is 383 g/mol. The van der Waals surface area contributed by atoms with Gasteiger partial charge in [-0.3, -0.25) is 0 Å². The first-order valence-electron chi connectivity index (χ1n) is 9.67. The molecule has 0 saturated carbocycles. The molecule has 1 rings (SSSR count). The molecule has 5 heteroatoms. The summed E-state index contributed by atoms with van der Waals surface area (Å²) in [6.45, 7) is 18.6. The van der Waals surface area contributed by atoms with Crippen LogP contribution in [-0.2, 0) is 13.6 Å². The minimum Gasteiger partial charge on any atom is -0.547 e. The second-order valence-corrected chi connectivity index (χ2v) is 18.1. The maximum absolute atomic E-state index is 6.57. The van der Waals surface area contributed by atoms with E-state index in [2.05, 4.69) is 60.6 Å². The van der Waals surface area contributed by atoms with Crippen molar-refractivity contribution in [3.8, 4) is 12.3 Å². The van der Waals surface area contributed by atoms with Crippen molar-refractivity contribution < 1.29 is 13.6 Å². The Morgan fingerprint density at radius 1 is 1.20 bits per heavy atom. The molecule has 0 aliphatic carbocycles. The van der Waals surface area contributed by atoms with Gasteiger partial charge in [0.25, 0.3) is 0 Å². The standard InChI is InChI=1S/C20H38O3Si2/c1-10-17-14-18(23-25(11-2,12-3)13-4)15-19(22-17)16-21-24(8,9)20(5,6)7/h1,14,17,19H,11-13,15-16H2,2-9H3/t17-,19-/m1/s1. The zero-order valence-electron chi connectivity index (χ0n) is 17.6. The minimum absolute atomic E-state index is 0.0209. The maximum atomic E-state index is 6.57. The minimum atomic E-state index is -1.79. The molecule has 0 aromatic carbocycles. The largest absolute Gasteiger partial charge is 0.547 e. The molecular formula is C20H38O3Si2. The Kier molecular flexibility index (Phi) is 8.01. The van der Waals surface area contributed by atoms with E-state index in [0.29, 0.717) is 6.61 Å². The van der Waals surface area contributed by atoms with Gasteiger partial charge in [0.1, 0.15) is 6.10 Å². The Balaban J connectivity index is 2.81. The average Bonchev–Trinajstić information content (AvgIpc) is 2.57. The normalized spacial score (nSPS) is 22.3. The van der Waals surface area contributed by atoms with E-state index in [1.807, 2.05) is 6.08 Å². The smallest absolute Gasteiger partial charge is 0.250 e. The van der Waals surface area contributed by atoms with Gasteiger partial charge in [0.2, 0.25) is 8.32 Å². The van der Waals surface area contributed by atoms with E-state index in [-0.39, 0.29) is 17.2 Å². The maximum Gasteiger partial charge on any atom is 0.250 e. The van der Waals surface area contributed by atoms with Crippen LogP contribution in [0.25, 0.3) is 0 Å². The number of hydrogen-bond acceptors (Lipinski definition) is 3. The molecular weight excluding hydrogens is 344 g/mol. The second kappa shape index (κ2) is 8.90. The van der Waals surface area contributed by atoms with E-state index in [0.717, 1.165) is 30.3 Å². The van der Waals surface area contributed by atoms with Gasteiger partial charge < -0.3 is 13.6 Å². The third-order valence-electron chi connectivity index (χ3n) is 5.99. The predicted octanol–water partition coefficient (Wildman–Crippen LogP) is 5.70. The number of ether oxygens (including phenoxy) is 1. The van der Waals surface area contributed by atoms with Crippen molar-refractivity contribution in [2.24, 2.45) is 0 Å². The molecule has 3 nitrogen and oxygen atoms in total. The van der Waals surface area contributed by atoms with Crippen LogP contribution >= 0.6 is 0 Å². The Hall–Kier alpha value is -0.546. The molecule has 0 unspecified atom stereocenters. The highest BCUT2D eigenvalue weighted by Gasteiger charge is 2.39. The van der Waals surface area contributed by atoms with Gasteiger partial charge in [-0.1, -0.05) is 47.5 Å². The van der Waals surface area contributed by atoms with Gasteiger partial charge in [0.15, 0.2) is 8.32 Å². The summed E-state index contributed by atoms with van der Waals surface area (Å²) in [7, 11) is -3.48. The summed E-state index contributed by atoms with van der Waals surface area (Å²) < 4.78 is 18.9. The Morgan fingerprint density at radius 3 is 2.20 bits per heavy atom. The molecule has 0 N–H and O–H groups in total. The van der Waals surface area contributed by atoms with Crippen molar-refractivity contribution in [2.45, 2.75) is 96.4 Å². The van der Waals surface area contributed by atoms with Crippen LogP contribution < -0.4 is 0 Å². The number of terminal acetylenes is 1. The van der Waals surface area contributed by atoms with Crippen LogP contribution in [0.5, 0.6) is 0 Å². The fourth-order valence-corrected chi connectivity index (χ4v) is 6.46. The summed E-state index contributed by atoms with van der Waals surface area (Å²) in [4.78, 5) is 0. The van der Waals surface area contributed by atoms with Crippen LogP contribution in [0.2, 0.25) is 36.3 Å². The highest BCUT2D eigenvalue weighted by Crippen LogP contribution is 2.37. The topological polar surface area (TPSA) is 27.7 Å². The zero-order valence-corrected chi connectivity index (χ0v) is 19.6. The number of hydrogen-bond donors (Lipinski definition) is 0. The van der Waals surface area contributed by atoms with Crippen molar-refractivity contribution in [2.75, 3.05) is 6.61 Å². The summed E-state index contributed by atoms with van der Waals surface area (Å²) in [6.07, 6.45) is 8.07. The van der Waals surface area contributed by atoms with E-state index in [1.165, 1.54) is 0 Å². The van der Waals surface area contributed by atoms with Gasteiger partial charge in [-0.15, -0.1) is 6.42 Å². The third-order valence-corrected chi connectivity index (χ3v) is 15.0. The molecule has 0 aromatic rings. The zero-order chi connectivity index (χ0) is 19.3. The molecule has 1 aliphatic rings. The summed E-state index contributed by atoms with van der Waals surface area (Å²) >= 11 is 0. The van der Waals surface area contributed by atoms with E-state index >= 15 is 0 Å². The van der Waals surface area contributed by atoms with Gasteiger partial charge in [-0.05, 0) is 42.3 Å². The lowest BCUT2D eigenvalue weighted by Crippen LogP contribution is -2.44. The SMILES string of the molecule is C#C[C@@H]1C=C(O[Si](CC)(CC)CC)C[C@H](CO[Si](C)(C)C(C)(C)C)O1.